The van der Waals surface area contributed by atoms with Crippen molar-refractivity contribution >= 4 is 11.8 Å². The molecule has 0 aromatic rings. The summed E-state index contributed by atoms with van der Waals surface area (Å²) in [6.07, 6.45) is 4.26. The maximum absolute atomic E-state index is 10.6. The molecule has 0 aromatic heterocycles. The second kappa shape index (κ2) is 5.31. The fourth-order valence-electron chi connectivity index (χ4n) is 3.77. The quantitative estimate of drug-likeness (QED) is 0.835. The zero-order valence-corrected chi connectivity index (χ0v) is 12.0. The van der Waals surface area contributed by atoms with Crippen molar-refractivity contribution in [2.45, 2.75) is 50.4 Å². The van der Waals surface area contributed by atoms with Crippen molar-refractivity contribution < 1.29 is 14.6 Å². The highest BCUT2D eigenvalue weighted by atomic mass is 32.2. The van der Waals surface area contributed by atoms with Gasteiger partial charge in [0.2, 0.25) is 0 Å². The van der Waals surface area contributed by atoms with Gasteiger partial charge in [-0.05, 0) is 44.3 Å². The van der Waals surface area contributed by atoms with Crippen molar-refractivity contribution in [1.82, 2.24) is 0 Å². The highest BCUT2D eigenvalue weighted by Gasteiger charge is 2.45. The molecular formula is C14H24O3S. The van der Waals surface area contributed by atoms with Crippen LogP contribution < -0.4 is 0 Å². The molecule has 1 N–H and O–H groups in total. The molecule has 5 unspecified atom stereocenters. The van der Waals surface area contributed by atoms with Gasteiger partial charge in [0.1, 0.15) is 0 Å². The molecule has 0 aliphatic carbocycles. The Balaban J connectivity index is 1.64. The topological polar surface area (TPSA) is 38.7 Å². The van der Waals surface area contributed by atoms with Gasteiger partial charge in [-0.2, -0.15) is 11.8 Å². The maximum atomic E-state index is 10.6. The summed E-state index contributed by atoms with van der Waals surface area (Å²) >= 11 is 1.99. The van der Waals surface area contributed by atoms with E-state index < -0.39 is 0 Å². The molecule has 104 valence electrons. The van der Waals surface area contributed by atoms with E-state index in [1.807, 2.05) is 11.8 Å². The maximum Gasteiger partial charge on any atom is 0.0783 e. The van der Waals surface area contributed by atoms with Crippen LogP contribution in [0.5, 0.6) is 0 Å². The van der Waals surface area contributed by atoms with E-state index in [9.17, 15) is 5.11 Å². The minimum absolute atomic E-state index is 0.0806. The fraction of sp³-hybridized carbons (Fsp3) is 1.00. The Morgan fingerprint density at radius 1 is 1.33 bits per heavy atom. The molecule has 1 spiro atoms. The van der Waals surface area contributed by atoms with Crippen molar-refractivity contribution in [1.29, 1.82) is 0 Å². The number of aliphatic hydroxyl groups excluding tert-OH is 1. The van der Waals surface area contributed by atoms with Gasteiger partial charge in [0.25, 0.3) is 0 Å². The molecule has 5 atom stereocenters. The Kier molecular flexibility index (Phi) is 3.90. The van der Waals surface area contributed by atoms with E-state index in [2.05, 4.69) is 6.92 Å². The minimum atomic E-state index is -0.200. The van der Waals surface area contributed by atoms with Crippen molar-refractivity contribution in [3.05, 3.63) is 0 Å². The van der Waals surface area contributed by atoms with Gasteiger partial charge < -0.3 is 14.6 Å². The van der Waals surface area contributed by atoms with E-state index in [0.717, 1.165) is 44.6 Å². The molecular weight excluding hydrogens is 248 g/mol. The highest BCUT2D eigenvalue weighted by Crippen LogP contribution is 2.43. The monoisotopic (exact) mass is 272 g/mol. The lowest BCUT2D eigenvalue weighted by atomic mass is 9.77. The Labute approximate surface area is 114 Å². The van der Waals surface area contributed by atoms with E-state index >= 15 is 0 Å². The first-order valence-corrected chi connectivity index (χ1v) is 8.37. The van der Waals surface area contributed by atoms with Crippen LogP contribution in [0.15, 0.2) is 0 Å². The van der Waals surface area contributed by atoms with Crippen LogP contribution in [0.2, 0.25) is 0 Å². The fourth-order valence-corrected chi connectivity index (χ4v) is 5.15. The molecule has 0 aromatic carbocycles. The molecule has 3 aliphatic rings. The lowest BCUT2D eigenvalue weighted by Crippen LogP contribution is -2.45. The van der Waals surface area contributed by atoms with E-state index in [4.69, 9.17) is 9.47 Å². The van der Waals surface area contributed by atoms with Gasteiger partial charge in [-0.3, -0.25) is 0 Å². The molecule has 18 heavy (non-hydrogen) atoms. The van der Waals surface area contributed by atoms with Crippen LogP contribution in [-0.4, -0.2) is 47.6 Å². The third-order valence-corrected chi connectivity index (χ3v) is 6.18. The summed E-state index contributed by atoms with van der Waals surface area (Å²) < 4.78 is 11.6. The van der Waals surface area contributed by atoms with Crippen LogP contribution in [0.3, 0.4) is 0 Å². The Morgan fingerprint density at radius 2 is 2.22 bits per heavy atom. The first-order chi connectivity index (χ1) is 8.70. The molecule has 3 saturated heterocycles. The lowest BCUT2D eigenvalue weighted by Gasteiger charge is -2.41. The van der Waals surface area contributed by atoms with Gasteiger partial charge in [-0.15, -0.1) is 0 Å². The largest absolute Gasteiger partial charge is 0.392 e. The summed E-state index contributed by atoms with van der Waals surface area (Å²) in [5.74, 6) is 3.07. The molecule has 0 saturated carbocycles. The Bertz CT molecular complexity index is 291. The number of aliphatic hydroxyl groups is 1. The average Bonchev–Trinajstić information content (AvgIpc) is 2.98. The third-order valence-electron chi connectivity index (χ3n) is 4.95. The molecule has 4 heteroatoms. The van der Waals surface area contributed by atoms with Crippen molar-refractivity contribution in [3.63, 3.8) is 0 Å². The minimum Gasteiger partial charge on any atom is -0.392 e. The van der Waals surface area contributed by atoms with E-state index in [-0.39, 0.29) is 17.8 Å². The van der Waals surface area contributed by atoms with Gasteiger partial charge in [0.15, 0.2) is 0 Å². The number of thioether (sulfide) groups is 1. The van der Waals surface area contributed by atoms with Crippen LogP contribution in [0.25, 0.3) is 0 Å². The molecule has 0 radical (unpaired) electrons. The second-order valence-electron chi connectivity index (χ2n) is 6.11. The van der Waals surface area contributed by atoms with Gasteiger partial charge in [0, 0.05) is 24.9 Å². The smallest absolute Gasteiger partial charge is 0.0783 e. The zero-order chi connectivity index (χ0) is 12.6. The molecule has 3 rings (SSSR count). The van der Waals surface area contributed by atoms with Crippen LogP contribution in [-0.2, 0) is 9.47 Å². The molecule has 3 nitrogen and oxygen atoms in total. The summed E-state index contributed by atoms with van der Waals surface area (Å²) in [5, 5.41) is 10.6. The van der Waals surface area contributed by atoms with Crippen molar-refractivity contribution in [3.8, 4) is 0 Å². The second-order valence-corrected chi connectivity index (χ2v) is 7.21. The molecule has 3 heterocycles. The van der Waals surface area contributed by atoms with E-state index in [1.54, 1.807) is 0 Å². The van der Waals surface area contributed by atoms with Crippen molar-refractivity contribution in [2.24, 2.45) is 11.8 Å². The van der Waals surface area contributed by atoms with E-state index in [1.165, 1.54) is 5.75 Å². The summed E-state index contributed by atoms with van der Waals surface area (Å²) in [7, 11) is 0. The number of rotatable bonds is 2. The van der Waals surface area contributed by atoms with Crippen molar-refractivity contribution in [2.75, 3.05) is 24.7 Å². The van der Waals surface area contributed by atoms with Crippen LogP contribution in [0.4, 0.5) is 0 Å². The molecule has 0 amide bonds. The third kappa shape index (κ3) is 2.45. The zero-order valence-electron chi connectivity index (χ0n) is 11.1. The summed E-state index contributed by atoms with van der Waals surface area (Å²) in [6.45, 7) is 3.73. The van der Waals surface area contributed by atoms with Gasteiger partial charge in [-0.25, -0.2) is 0 Å². The molecule has 3 fully saturated rings. The predicted molar refractivity (Wildman–Crippen MR) is 72.9 cm³/mol. The lowest BCUT2D eigenvalue weighted by molar-refractivity contribution is -0.112. The van der Waals surface area contributed by atoms with Crippen LogP contribution in [0.1, 0.15) is 32.6 Å². The van der Waals surface area contributed by atoms with Gasteiger partial charge in [0.05, 0.1) is 17.8 Å². The van der Waals surface area contributed by atoms with E-state index in [0.29, 0.717) is 11.8 Å². The SMILES string of the molecule is CC1OCCC1C(O)C1CCOC2(CCSC2)C1. The van der Waals surface area contributed by atoms with Gasteiger partial charge in [-0.1, -0.05) is 0 Å². The summed E-state index contributed by atoms with van der Waals surface area (Å²) in [4.78, 5) is 0. The Morgan fingerprint density at radius 3 is 2.89 bits per heavy atom. The van der Waals surface area contributed by atoms with Gasteiger partial charge >= 0.3 is 0 Å². The first kappa shape index (κ1) is 13.2. The predicted octanol–water partition coefficient (Wildman–Crippen LogP) is 2.07. The molecule has 3 aliphatic heterocycles. The summed E-state index contributed by atoms with van der Waals surface area (Å²) in [6, 6.07) is 0. The normalized spacial score (nSPS) is 46.7. The van der Waals surface area contributed by atoms with Crippen LogP contribution >= 0.6 is 11.8 Å². The molecule has 0 bridgehead atoms. The standard InChI is InChI=1S/C14H24O3S/c1-10-12(3-5-16-10)13(15)11-2-6-17-14(8-11)4-7-18-9-14/h10-13,15H,2-9H2,1H3. The summed E-state index contributed by atoms with van der Waals surface area (Å²) in [5.41, 5.74) is 0.0806. The number of hydrogen-bond acceptors (Lipinski definition) is 4. The number of hydrogen-bond donors (Lipinski definition) is 1. The number of ether oxygens (including phenoxy) is 2. The average molecular weight is 272 g/mol. The first-order valence-electron chi connectivity index (χ1n) is 7.22. The Hall–Kier alpha value is 0.230. The van der Waals surface area contributed by atoms with Crippen LogP contribution in [0, 0.1) is 11.8 Å². The highest BCUT2D eigenvalue weighted by molar-refractivity contribution is 7.99.